The van der Waals surface area contributed by atoms with Crippen molar-refractivity contribution in [1.29, 1.82) is 0 Å². The van der Waals surface area contributed by atoms with E-state index in [1.54, 1.807) is 12.3 Å². The first-order valence-corrected chi connectivity index (χ1v) is 10.9. The van der Waals surface area contributed by atoms with Crippen LogP contribution < -0.4 is 14.8 Å². The first-order chi connectivity index (χ1) is 13.3. The van der Waals surface area contributed by atoms with Crippen LogP contribution in [0.5, 0.6) is 11.5 Å². The molecular weight excluding hydrogens is 404 g/mol. The average molecular weight is 422 g/mol. The molecule has 3 nitrogen and oxygen atoms in total. The molecule has 1 N–H and O–H groups in total. The highest BCUT2D eigenvalue weighted by Crippen LogP contribution is 2.40. The topological polar surface area (TPSA) is 34.1 Å². The molecule has 3 aromatic rings. The van der Waals surface area contributed by atoms with Crippen molar-refractivity contribution in [3.63, 3.8) is 0 Å². The van der Waals surface area contributed by atoms with E-state index >= 15 is 0 Å². The van der Waals surface area contributed by atoms with Crippen LogP contribution >= 0.6 is 19.4 Å². The molecule has 1 unspecified atom stereocenters. The fraction of sp³-hybridized carbons (Fsp3) is 0.150. The highest BCUT2D eigenvalue weighted by Gasteiger charge is 2.31. The van der Waals surface area contributed by atoms with E-state index in [0.717, 1.165) is 28.6 Å². The summed E-state index contributed by atoms with van der Waals surface area (Å²) in [5.41, 5.74) is 1.59. The number of nitrogens with zero attached hydrogens (tertiary/aromatic N) is 1. The van der Waals surface area contributed by atoms with Crippen molar-refractivity contribution in [3.8, 4) is 11.5 Å². The van der Waals surface area contributed by atoms with Gasteiger partial charge in [-0.05, 0) is 68.3 Å². The fourth-order valence-corrected chi connectivity index (χ4v) is 4.33. The van der Waals surface area contributed by atoms with Crippen LogP contribution in [-0.4, -0.2) is 4.98 Å². The lowest BCUT2D eigenvalue weighted by Crippen LogP contribution is -2.05. The predicted molar refractivity (Wildman–Crippen MR) is 111 cm³/mol. The molecule has 3 rings (SSSR count). The first kappa shape index (κ1) is 20.5. The molecule has 0 aliphatic heterocycles. The number of pyridine rings is 1. The Kier molecular flexibility index (Phi) is 6.47. The molecule has 0 aliphatic rings. The van der Waals surface area contributed by atoms with Gasteiger partial charge in [-0.3, -0.25) is 4.98 Å². The minimum absolute atomic E-state index is 0.265. The highest BCUT2D eigenvalue weighted by molar-refractivity contribution is 8.52. The molecule has 0 amide bonds. The molecule has 8 heteroatoms. The Balaban J connectivity index is 1.79. The van der Waals surface area contributed by atoms with Crippen molar-refractivity contribution in [2.24, 2.45) is 0 Å². The van der Waals surface area contributed by atoms with Crippen molar-refractivity contribution in [2.45, 2.75) is 20.0 Å². The van der Waals surface area contributed by atoms with Gasteiger partial charge in [-0.25, -0.2) is 0 Å². The fourth-order valence-electron chi connectivity index (χ4n) is 2.35. The van der Waals surface area contributed by atoms with Gasteiger partial charge in [0.05, 0.1) is 17.4 Å². The lowest BCUT2D eigenvalue weighted by atomic mass is 10.2. The van der Waals surface area contributed by atoms with E-state index in [2.05, 4.69) is 9.71 Å². The number of alkyl halides is 3. The predicted octanol–water partition coefficient (Wildman–Crippen LogP) is 6.49. The van der Waals surface area contributed by atoms with Crippen molar-refractivity contribution in [2.75, 3.05) is 4.72 Å². The Morgan fingerprint density at radius 3 is 2.39 bits per heavy atom. The molecule has 146 valence electrons. The number of rotatable bonds is 6. The normalized spacial score (nSPS) is 11.8. The molecule has 0 saturated carbocycles. The molecule has 0 spiro atoms. The van der Waals surface area contributed by atoms with Gasteiger partial charge in [-0.15, -0.1) is 0 Å². The molecule has 1 atom stereocenters. The molecule has 0 aliphatic carbocycles. The molecule has 1 aromatic heterocycles. The maximum atomic E-state index is 13.1. The summed E-state index contributed by atoms with van der Waals surface area (Å²) in [5.74, 6) is 0.774. The smallest absolute Gasteiger partial charge is 0.416 e. The maximum absolute atomic E-state index is 13.1. The zero-order chi connectivity index (χ0) is 20.1. The summed E-state index contributed by atoms with van der Waals surface area (Å²) in [5, 5.41) is 1.10. The van der Waals surface area contributed by atoms with Gasteiger partial charge in [0.2, 0.25) is 0 Å². The standard InChI is InChI=1S/C20H18F3N2OPS/c1-13-3-6-17(7-4-13)27-28-25-18-10-15(20(21,22)23)5-8-19(18)26-16-9-14(2)11-24-12-16/h3-12,25,27H,1-2H3. The van der Waals surface area contributed by atoms with Crippen molar-refractivity contribution in [1.82, 2.24) is 4.98 Å². The van der Waals surface area contributed by atoms with Crippen LogP contribution in [0.2, 0.25) is 0 Å². The summed E-state index contributed by atoms with van der Waals surface area (Å²) in [4.78, 5) is 4.05. The van der Waals surface area contributed by atoms with E-state index in [9.17, 15) is 13.2 Å². The average Bonchev–Trinajstić information content (AvgIpc) is 2.64. The van der Waals surface area contributed by atoms with Gasteiger partial charge < -0.3 is 9.46 Å². The quantitative estimate of drug-likeness (QED) is 0.364. The highest BCUT2D eigenvalue weighted by atomic mass is 32.7. The maximum Gasteiger partial charge on any atom is 0.416 e. The van der Waals surface area contributed by atoms with Gasteiger partial charge in [0, 0.05) is 6.20 Å². The second-order valence-corrected chi connectivity index (χ2v) is 8.60. The van der Waals surface area contributed by atoms with Gasteiger partial charge in [0.15, 0.2) is 5.75 Å². The van der Waals surface area contributed by atoms with Crippen LogP contribution in [0.3, 0.4) is 0 Å². The number of aromatic nitrogens is 1. The number of benzene rings is 2. The summed E-state index contributed by atoms with van der Waals surface area (Å²) >= 11 is 1.33. The van der Waals surface area contributed by atoms with Crippen LogP contribution in [0.25, 0.3) is 0 Å². The summed E-state index contributed by atoms with van der Waals surface area (Å²) in [7, 11) is 0.329. The van der Waals surface area contributed by atoms with Crippen molar-refractivity contribution < 1.29 is 17.9 Å². The van der Waals surface area contributed by atoms with E-state index in [-0.39, 0.29) is 5.69 Å². The monoisotopic (exact) mass is 422 g/mol. The van der Waals surface area contributed by atoms with Crippen molar-refractivity contribution in [3.05, 3.63) is 77.6 Å². The van der Waals surface area contributed by atoms with E-state index in [1.807, 2.05) is 38.1 Å². The summed E-state index contributed by atoms with van der Waals surface area (Å²) in [6.07, 6.45) is -1.23. The number of halogens is 3. The van der Waals surface area contributed by atoms with Crippen LogP contribution in [0.15, 0.2) is 60.9 Å². The SMILES string of the molecule is Cc1ccc(PSNc2cc(C(F)(F)F)ccc2Oc2cncc(C)c2)cc1. The van der Waals surface area contributed by atoms with Crippen LogP contribution in [0, 0.1) is 13.8 Å². The molecule has 2 aromatic carbocycles. The van der Waals surface area contributed by atoms with E-state index < -0.39 is 11.7 Å². The number of hydrogen-bond acceptors (Lipinski definition) is 4. The van der Waals surface area contributed by atoms with Crippen LogP contribution in [0.1, 0.15) is 16.7 Å². The molecule has 0 bridgehead atoms. The lowest BCUT2D eigenvalue weighted by molar-refractivity contribution is -0.137. The molecule has 0 fully saturated rings. The number of ether oxygens (including phenoxy) is 1. The molecule has 28 heavy (non-hydrogen) atoms. The van der Waals surface area contributed by atoms with Gasteiger partial charge in [-0.2, -0.15) is 13.2 Å². The van der Waals surface area contributed by atoms with Crippen LogP contribution in [0.4, 0.5) is 18.9 Å². The minimum Gasteiger partial charge on any atom is -0.454 e. The molecule has 0 radical (unpaired) electrons. The minimum atomic E-state index is -4.43. The Hall–Kier alpha value is -2.24. The molecule has 1 heterocycles. The first-order valence-electron chi connectivity index (χ1n) is 8.36. The Labute approximate surface area is 167 Å². The van der Waals surface area contributed by atoms with Gasteiger partial charge >= 0.3 is 6.18 Å². The van der Waals surface area contributed by atoms with E-state index in [4.69, 9.17) is 4.74 Å². The number of nitrogens with one attached hydrogen (secondary N) is 1. The third-order valence-corrected chi connectivity index (χ3v) is 6.08. The number of anilines is 1. The summed E-state index contributed by atoms with van der Waals surface area (Å²) in [6.45, 7) is 3.87. The second kappa shape index (κ2) is 8.84. The molecule has 0 saturated heterocycles. The Morgan fingerprint density at radius 1 is 0.964 bits per heavy atom. The van der Waals surface area contributed by atoms with Crippen molar-refractivity contribution >= 4 is 30.3 Å². The third kappa shape index (κ3) is 5.63. The third-order valence-electron chi connectivity index (χ3n) is 3.77. The zero-order valence-corrected chi connectivity index (χ0v) is 17.0. The van der Waals surface area contributed by atoms with Gasteiger partial charge in [-0.1, -0.05) is 29.8 Å². The Morgan fingerprint density at radius 2 is 1.71 bits per heavy atom. The molecular formula is C20H18F3N2OPS. The van der Waals surface area contributed by atoms with Gasteiger partial charge in [0.25, 0.3) is 0 Å². The summed E-state index contributed by atoms with van der Waals surface area (Å²) in [6, 6.07) is 13.2. The zero-order valence-electron chi connectivity index (χ0n) is 15.2. The van der Waals surface area contributed by atoms with E-state index in [0.29, 0.717) is 19.3 Å². The largest absolute Gasteiger partial charge is 0.454 e. The summed E-state index contributed by atoms with van der Waals surface area (Å²) < 4.78 is 48.1. The van der Waals surface area contributed by atoms with Crippen LogP contribution in [-0.2, 0) is 6.18 Å². The Bertz CT molecular complexity index is 949. The second-order valence-electron chi connectivity index (χ2n) is 6.18. The number of aryl methyl sites for hydroxylation is 2. The lowest BCUT2D eigenvalue weighted by Gasteiger charge is -2.15. The van der Waals surface area contributed by atoms with E-state index in [1.165, 1.54) is 23.8 Å². The van der Waals surface area contributed by atoms with Gasteiger partial charge in [0.1, 0.15) is 5.75 Å². The number of hydrogen-bond donors (Lipinski definition) is 1.